The first-order valence-electron chi connectivity index (χ1n) is 6.15. The zero-order valence-electron chi connectivity index (χ0n) is 11.2. The van der Waals surface area contributed by atoms with Crippen molar-refractivity contribution in [1.82, 2.24) is 10.6 Å². The average Bonchev–Trinajstić information content (AvgIpc) is 2.14. The Morgan fingerprint density at radius 3 is 2.24 bits per heavy atom. The summed E-state index contributed by atoms with van der Waals surface area (Å²) in [6, 6.07) is -0.357. The van der Waals surface area contributed by atoms with Crippen molar-refractivity contribution in [2.45, 2.75) is 52.6 Å². The molecule has 0 aromatic rings. The van der Waals surface area contributed by atoms with Gasteiger partial charge in [-0.25, -0.2) is 0 Å². The van der Waals surface area contributed by atoms with Crippen LogP contribution in [-0.2, 0) is 9.59 Å². The third-order valence-corrected chi connectivity index (χ3v) is 2.16. The molecular weight excluding hydrogens is 218 g/mol. The Hall–Kier alpha value is -1.10. The monoisotopic (exact) mass is 243 g/mol. The number of hydrogen-bond acceptors (Lipinski definition) is 3. The van der Waals surface area contributed by atoms with E-state index in [-0.39, 0.29) is 24.3 Å². The van der Waals surface area contributed by atoms with Gasteiger partial charge in [0.2, 0.25) is 11.8 Å². The van der Waals surface area contributed by atoms with E-state index in [1.807, 2.05) is 27.7 Å². The molecule has 0 saturated heterocycles. The van der Waals surface area contributed by atoms with Crippen LogP contribution in [0.3, 0.4) is 0 Å². The molecule has 17 heavy (non-hydrogen) atoms. The lowest BCUT2D eigenvalue weighted by molar-refractivity contribution is -0.123. The molecule has 0 aliphatic heterocycles. The van der Waals surface area contributed by atoms with Crippen molar-refractivity contribution in [3.05, 3.63) is 0 Å². The highest BCUT2D eigenvalue weighted by Gasteiger charge is 2.14. The molecule has 5 heteroatoms. The summed E-state index contributed by atoms with van der Waals surface area (Å²) < 4.78 is 0. The second kappa shape index (κ2) is 8.06. The SMILES string of the molecule is CC(C)C[C@H](N)C(=O)NCCC(=O)NC(C)C. The minimum atomic E-state index is -0.483. The van der Waals surface area contributed by atoms with Gasteiger partial charge in [0.25, 0.3) is 0 Å². The molecule has 0 bridgehead atoms. The van der Waals surface area contributed by atoms with Crippen LogP contribution in [0.15, 0.2) is 0 Å². The lowest BCUT2D eigenvalue weighted by Crippen LogP contribution is -2.42. The summed E-state index contributed by atoms with van der Waals surface area (Å²) in [5.74, 6) is 0.147. The van der Waals surface area contributed by atoms with Crippen molar-refractivity contribution in [3.63, 3.8) is 0 Å². The summed E-state index contributed by atoms with van der Waals surface area (Å²) in [5.41, 5.74) is 5.70. The Balaban J connectivity index is 3.74. The van der Waals surface area contributed by atoms with E-state index in [2.05, 4.69) is 10.6 Å². The third-order valence-electron chi connectivity index (χ3n) is 2.16. The Bertz CT molecular complexity index is 252. The van der Waals surface area contributed by atoms with Gasteiger partial charge in [0.05, 0.1) is 6.04 Å². The molecule has 0 aliphatic carbocycles. The van der Waals surface area contributed by atoms with E-state index in [1.165, 1.54) is 0 Å². The second-order valence-corrected chi connectivity index (χ2v) is 5.00. The number of nitrogens with two attached hydrogens (primary N) is 1. The molecule has 5 nitrogen and oxygen atoms in total. The summed E-state index contributed by atoms with van der Waals surface area (Å²) in [6.07, 6.45) is 0.947. The van der Waals surface area contributed by atoms with Crippen LogP contribution in [0.5, 0.6) is 0 Å². The molecule has 0 unspecified atom stereocenters. The molecule has 0 aromatic carbocycles. The summed E-state index contributed by atoms with van der Waals surface area (Å²) in [7, 11) is 0. The maximum atomic E-state index is 11.5. The average molecular weight is 243 g/mol. The van der Waals surface area contributed by atoms with Crippen molar-refractivity contribution in [3.8, 4) is 0 Å². The molecule has 0 heterocycles. The van der Waals surface area contributed by atoms with E-state index >= 15 is 0 Å². The zero-order valence-corrected chi connectivity index (χ0v) is 11.2. The van der Waals surface area contributed by atoms with Crippen molar-refractivity contribution in [2.75, 3.05) is 6.54 Å². The molecule has 4 N–H and O–H groups in total. The topological polar surface area (TPSA) is 84.2 Å². The number of carbonyl (C=O) groups is 2. The van der Waals surface area contributed by atoms with E-state index in [1.54, 1.807) is 0 Å². The minimum absolute atomic E-state index is 0.0577. The zero-order chi connectivity index (χ0) is 13.4. The lowest BCUT2D eigenvalue weighted by atomic mass is 10.0. The fraction of sp³-hybridized carbons (Fsp3) is 0.833. The fourth-order valence-electron chi connectivity index (χ4n) is 1.44. The highest BCUT2D eigenvalue weighted by molar-refractivity contribution is 5.82. The number of hydrogen-bond donors (Lipinski definition) is 3. The molecular formula is C12H25N3O2. The van der Waals surface area contributed by atoms with Gasteiger partial charge in [-0.3, -0.25) is 9.59 Å². The van der Waals surface area contributed by atoms with Gasteiger partial charge >= 0.3 is 0 Å². The van der Waals surface area contributed by atoms with Crippen LogP contribution in [0, 0.1) is 5.92 Å². The van der Waals surface area contributed by atoms with E-state index < -0.39 is 6.04 Å². The predicted octanol–water partition coefficient (Wildman–Crippen LogP) is 0.391. The fourth-order valence-corrected chi connectivity index (χ4v) is 1.44. The Morgan fingerprint density at radius 1 is 1.18 bits per heavy atom. The van der Waals surface area contributed by atoms with Crippen LogP contribution in [0.2, 0.25) is 0 Å². The normalized spacial score (nSPS) is 12.6. The molecule has 0 fully saturated rings. The van der Waals surface area contributed by atoms with Crippen LogP contribution in [0.4, 0.5) is 0 Å². The number of amides is 2. The Kier molecular flexibility index (Phi) is 7.54. The first-order chi connectivity index (χ1) is 7.82. The summed E-state index contributed by atoms with van der Waals surface area (Å²) in [6.45, 7) is 8.17. The number of nitrogens with one attached hydrogen (secondary N) is 2. The summed E-state index contributed by atoms with van der Waals surface area (Å²) >= 11 is 0. The Labute approximate surface area is 104 Å². The van der Waals surface area contributed by atoms with Crippen molar-refractivity contribution < 1.29 is 9.59 Å². The molecule has 0 rings (SSSR count). The third kappa shape index (κ3) is 8.68. The quantitative estimate of drug-likeness (QED) is 0.605. The van der Waals surface area contributed by atoms with Gasteiger partial charge in [-0.2, -0.15) is 0 Å². The first kappa shape index (κ1) is 15.9. The van der Waals surface area contributed by atoms with Crippen LogP contribution < -0.4 is 16.4 Å². The van der Waals surface area contributed by atoms with Crippen LogP contribution in [-0.4, -0.2) is 30.4 Å². The molecule has 1 atom stereocenters. The molecule has 100 valence electrons. The summed E-state index contributed by atoms with van der Waals surface area (Å²) in [5, 5.41) is 5.42. The van der Waals surface area contributed by atoms with Gasteiger partial charge in [0.1, 0.15) is 0 Å². The maximum absolute atomic E-state index is 11.5. The van der Waals surface area contributed by atoms with Gasteiger partial charge in [0.15, 0.2) is 0 Å². The van der Waals surface area contributed by atoms with Gasteiger partial charge in [0, 0.05) is 19.0 Å². The highest BCUT2D eigenvalue weighted by atomic mass is 16.2. The Morgan fingerprint density at radius 2 is 1.76 bits per heavy atom. The number of carbonyl (C=O) groups excluding carboxylic acids is 2. The van der Waals surface area contributed by atoms with Gasteiger partial charge in [-0.05, 0) is 26.2 Å². The standard InChI is InChI=1S/C12H25N3O2/c1-8(2)7-10(13)12(17)14-6-5-11(16)15-9(3)4/h8-10H,5-7,13H2,1-4H3,(H,14,17)(H,15,16)/t10-/m0/s1. The van der Waals surface area contributed by atoms with Gasteiger partial charge in [-0.15, -0.1) is 0 Å². The molecule has 2 amide bonds. The van der Waals surface area contributed by atoms with E-state index in [9.17, 15) is 9.59 Å². The lowest BCUT2D eigenvalue weighted by Gasteiger charge is -2.14. The van der Waals surface area contributed by atoms with Crippen LogP contribution in [0.25, 0.3) is 0 Å². The predicted molar refractivity (Wildman–Crippen MR) is 68.3 cm³/mol. The van der Waals surface area contributed by atoms with Gasteiger partial charge in [-0.1, -0.05) is 13.8 Å². The maximum Gasteiger partial charge on any atom is 0.236 e. The van der Waals surface area contributed by atoms with Crippen LogP contribution in [0.1, 0.15) is 40.5 Å². The van der Waals surface area contributed by atoms with E-state index in [4.69, 9.17) is 5.73 Å². The van der Waals surface area contributed by atoms with Crippen molar-refractivity contribution in [2.24, 2.45) is 11.7 Å². The summed E-state index contributed by atoms with van der Waals surface area (Å²) in [4.78, 5) is 22.8. The molecule has 0 radical (unpaired) electrons. The largest absolute Gasteiger partial charge is 0.354 e. The smallest absolute Gasteiger partial charge is 0.236 e. The molecule has 0 saturated carbocycles. The van der Waals surface area contributed by atoms with Crippen molar-refractivity contribution in [1.29, 1.82) is 0 Å². The molecule has 0 aromatic heterocycles. The highest BCUT2D eigenvalue weighted by Crippen LogP contribution is 2.02. The van der Waals surface area contributed by atoms with Crippen LogP contribution >= 0.6 is 0 Å². The second-order valence-electron chi connectivity index (χ2n) is 5.00. The number of rotatable bonds is 7. The van der Waals surface area contributed by atoms with E-state index in [0.717, 1.165) is 0 Å². The molecule has 0 spiro atoms. The van der Waals surface area contributed by atoms with Crippen molar-refractivity contribution >= 4 is 11.8 Å². The van der Waals surface area contributed by atoms with E-state index in [0.29, 0.717) is 18.9 Å². The van der Waals surface area contributed by atoms with Gasteiger partial charge < -0.3 is 16.4 Å². The first-order valence-corrected chi connectivity index (χ1v) is 6.15. The molecule has 0 aliphatic rings. The minimum Gasteiger partial charge on any atom is -0.354 e.